The maximum atomic E-state index is 16.2. The highest BCUT2D eigenvalue weighted by Gasteiger charge is 2.56. The predicted molar refractivity (Wildman–Crippen MR) is 475 cm³/mol. The molecule has 4 aliphatic rings. The minimum atomic E-state index is -5.29. The molecule has 4 saturated heterocycles. The topological polar surface area (TPSA) is 449 Å². The number of hydrogen-bond donors (Lipinski definition) is 4. The number of carbonyl (C=O) groups is 3. The Labute approximate surface area is 752 Å². The van der Waals surface area contributed by atoms with Crippen molar-refractivity contribution in [2.75, 3.05) is 75.2 Å². The number of amides is 3. The van der Waals surface area contributed by atoms with Crippen LogP contribution in [-0.2, 0) is 77.8 Å². The molecule has 9 heterocycles. The first-order chi connectivity index (χ1) is 63.0. The Balaban J connectivity index is 0.802. The molecule has 5 aromatic carbocycles. The Kier molecular flexibility index (Phi) is 30.8. The Morgan fingerprint density at radius 3 is 1.24 bits per heavy atom. The molecule has 0 saturated carbocycles. The highest BCUT2D eigenvalue weighted by Crippen LogP contribution is 2.59. The van der Waals surface area contributed by atoms with Gasteiger partial charge in [0.05, 0.1) is 44.5 Å². The van der Waals surface area contributed by atoms with Gasteiger partial charge >= 0.3 is 40.5 Å². The van der Waals surface area contributed by atoms with Crippen LogP contribution in [0.5, 0.6) is 0 Å². The minimum Gasteiger partial charge on any atom is -0.402 e. The number of rotatable bonds is 39. The van der Waals surface area contributed by atoms with E-state index in [0.29, 0.717) is 16.7 Å². The number of aryl methyl sites for hydroxylation is 3. The van der Waals surface area contributed by atoms with Crippen LogP contribution in [0.25, 0.3) is 25.7 Å². The Hall–Kier alpha value is -11.7. The number of benzene rings is 5. The van der Waals surface area contributed by atoms with Gasteiger partial charge in [-0.3, -0.25) is 83.1 Å². The van der Waals surface area contributed by atoms with Crippen LogP contribution in [0.15, 0.2) is 202 Å². The molecule has 44 heteroatoms. The predicted octanol–water partition coefficient (Wildman–Crippen LogP) is 11.4. The fraction of sp³-hybridized carbons (Fsp3) is 0.391. The SMILES string of the molecule is [C-]#[N+]CCOP(=O)(OC[C@H]1O[C@@H](n2cc(C)c(NC(=O)c3ccccc3)nc2=O)C[C@H]1O[Si](c1ccccc1)(c1ccccc1)C(C)(C)C)O[C@@H]1C[C@H](n2cc(C)c(NC(=O)c3ccccc3)nc2=O)O[C@@H]1COP(=O)(OCC[N+]#[C-])O[C@@H]1C[C@H](n2cnc3c(NC(=O)c4ccccc4)ncnc32)O[C@@H]1COP(=O)(OCC[N+]#[C-])O[C@@H]1C[C@H](n2cc(C)c(=O)[nH]c2=O)O[C@@H]1CC. The van der Waals surface area contributed by atoms with Crippen LogP contribution in [0, 0.1) is 40.5 Å². The Morgan fingerprint density at radius 2 is 0.832 bits per heavy atom. The van der Waals surface area contributed by atoms with E-state index >= 15 is 13.7 Å². The number of H-pyrrole nitrogens is 1. The summed E-state index contributed by atoms with van der Waals surface area (Å²) in [4.78, 5) is 130. The van der Waals surface area contributed by atoms with Crippen LogP contribution in [0.3, 0.4) is 0 Å². The van der Waals surface area contributed by atoms with E-state index in [1.165, 1.54) is 47.3 Å². The Morgan fingerprint density at radius 1 is 0.473 bits per heavy atom. The van der Waals surface area contributed by atoms with Crippen molar-refractivity contribution >= 4 is 88.5 Å². The van der Waals surface area contributed by atoms with E-state index in [1.807, 2.05) is 60.7 Å². The average molecular weight is 1870 g/mol. The zero-order valence-corrected chi connectivity index (χ0v) is 75.8. The normalized spacial score (nSPS) is 22.2. The van der Waals surface area contributed by atoms with Crippen molar-refractivity contribution in [2.45, 2.75) is 159 Å². The van der Waals surface area contributed by atoms with Crippen LogP contribution in [0.1, 0.15) is 132 Å². The number of nitrogens with one attached hydrogen (secondary N) is 4. The van der Waals surface area contributed by atoms with Crippen LogP contribution in [0.2, 0.25) is 5.04 Å². The molecule has 14 rings (SSSR count). The fourth-order valence-corrected chi connectivity index (χ4v) is 24.5. The second-order valence-corrected chi connectivity index (χ2v) is 41.0. The molecular weight excluding hydrogens is 1770 g/mol. The lowest BCUT2D eigenvalue weighted by molar-refractivity contribution is -0.0653. The van der Waals surface area contributed by atoms with Crippen LogP contribution >= 0.6 is 23.5 Å². The molecule has 0 bridgehead atoms. The van der Waals surface area contributed by atoms with Gasteiger partial charge in [-0.15, -0.1) is 0 Å². The standard InChI is InChI=1S/C87H95N16O24P3Si/c1-11-63-64(43-71(120-63)102-49-57(4)80(104)99-86(102)110)124-128(111,114-40-37-88-8)117-51-69-66(45-74(122-69)103-54-93-75-78(91-53-92-79(75)103)96-83(107)60-31-21-14-22-32-60)126-129(112,115-41-38-89-9)118-50-68-65(44-72(121-68)100-47-55(2)76(97-84(100)108)94-81(105)58-27-17-12-18-28-58)125-130(113,116-42-39-90-10)119-52-70-67(127-131(87(5,6)7,61-33-23-15-24-34-61)62-35-25-16-26-36-62)46-73(123-70)101-48-56(3)77(98-85(101)109)95-82(106)59-29-19-13-20-30-59/h12-36,47-49,53-54,63-74H,11,37-46,50-52H2,1-7H3,(H,99,104,110)(H,91,92,96,107)(H,94,97,105,108)(H,95,98,106,109)/t63-,64-,65-,66-,67-,68-,69-,70-,71-,72-,73-,74-,128?,129?,130?/m1/s1. The largest absolute Gasteiger partial charge is 0.475 e. The summed E-state index contributed by atoms with van der Waals surface area (Å²) >= 11 is 0. The lowest BCUT2D eigenvalue weighted by Crippen LogP contribution is -2.68. The first-order valence-electron chi connectivity index (χ1n) is 41.9. The number of phosphoric ester groups is 3. The minimum absolute atomic E-state index is 0.00310. The third-order valence-electron chi connectivity index (χ3n) is 22.0. The second kappa shape index (κ2) is 42.3. The van der Waals surface area contributed by atoms with Gasteiger partial charge in [0, 0.05) is 77.7 Å². The van der Waals surface area contributed by atoms with Crippen molar-refractivity contribution in [3.05, 3.63) is 292 Å². The van der Waals surface area contributed by atoms with E-state index in [2.05, 4.69) is 81.2 Å². The number of aromatic nitrogens is 10. The van der Waals surface area contributed by atoms with Crippen molar-refractivity contribution in [1.82, 2.24) is 48.2 Å². The van der Waals surface area contributed by atoms with Crippen molar-refractivity contribution in [3.8, 4) is 0 Å². The number of hydrogen-bond acceptors (Lipinski definition) is 29. The zero-order valence-electron chi connectivity index (χ0n) is 72.2. The van der Waals surface area contributed by atoms with E-state index in [0.717, 1.165) is 19.5 Å². The van der Waals surface area contributed by atoms with Gasteiger partial charge in [-0.25, -0.2) is 62.7 Å². The zero-order chi connectivity index (χ0) is 92.8. The van der Waals surface area contributed by atoms with Gasteiger partial charge in [0.15, 0.2) is 17.0 Å². The summed E-state index contributed by atoms with van der Waals surface area (Å²) in [6, 6.07) is 44.1. The quantitative estimate of drug-likeness (QED) is 0.0120. The fourth-order valence-electron chi connectivity index (χ4n) is 15.6. The van der Waals surface area contributed by atoms with Crippen molar-refractivity contribution in [1.29, 1.82) is 0 Å². The van der Waals surface area contributed by atoms with Gasteiger partial charge in [-0.05, 0) is 79.0 Å². The van der Waals surface area contributed by atoms with Gasteiger partial charge in [0.2, 0.25) is 19.6 Å². The number of anilines is 3. The molecule has 5 aromatic heterocycles. The summed E-state index contributed by atoms with van der Waals surface area (Å²) in [5.41, 5.74) is -1.35. The monoisotopic (exact) mass is 1870 g/mol. The molecule has 3 amide bonds. The second-order valence-electron chi connectivity index (χ2n) is 31.9. The van der Waals surface area contributed by atoms with E-state index < -0.39 is 210 Å². The molecular formula is C87H95N16O24P3Si. The van der Waals surface area contributed by atoms with Crippen LogP contribution in [-0.4, -0.2) is 182 Å². The van der Waals surface area contributed by atoms with E-state index in [1.54, 1.807) is 112 Å². The number of fused-ring (bicyclic) bond motifs is 1. The third-order valence-corrected chi connectivity index (χ3v) is 31.6. The molecule has 4 aliphatic heterocycles. The van der Waals surface area contributed by atoms with Crippen molar-refractivity contribution in [3.63, 3.8) is 0 Å². The van der Waals surface area contributed by atoms with Gasteiger partial charge in [-0.2, -0.15) is 9.97 Å². The first kappa shape index (κ1) is 95.4. The first-order valence-corrected chi connectivity index (χ1v) is 48.2. The van der Waals surface area contributed by atoms with E-state index in [-0.39, 0.29) is 77.5 Å². The molecule has 10 aromatic rings. The summed E-state index contributed by atoms with van der Waals surface area (Å²) in [7, 11) is -19.0. The number of imidazole rings is 1. The highest BCUT2D eigenvalue weighted by atomic mass is 31.2. The summed E-state index contributed by atoms with van der Waals surface area (Å²) in [5, 5.41) is 9.23. The summed E-state index contributed by atoms with van der Waals surface area (Å²) in [6.07, 6.45) is -9.79. The van der Waals surface area contributed by atoms with Crippen LogP contribution < -0.4 is 49.0 Å². The van der Waals surface area contributed by atoms with Gasteiger partial charge in [0.1, 0.15) is 93.2 Å². The van der Waals surface area contributed by atoms with Gasteiger partial charge < -0.3 is 53.9 Å². The van der Waals surface area contributed by atoms with Crippen LogP contribution in [0.4, 0.5) is 17.5 Å². The molecule has 15 atom stereocenters. The molecule has 686 valence electrons. The van der Waals surface area contributed by atoms with Gasteiger partial charge in [0.25, 0.3) is 31.6 Å². The van der Waals surface area contributed by atoms with Gasteiger partial charge in [-0.1, -0.05) is 143 Å². The lowest BCUT2D eigenvalue weighted by Gasteiger charge is -2.45. The molecule has 4 N–H and O–H groups in total. The number of aromatic amines is 1. The maximum absolute atomic E-state index is 16.2. The molecule has 0 spiro atoms. The van der Waals surface area contributed by atoms with Crippen molar-refractivity contribution in [2.24, 2.45) is 0 Å². The molecule has 131 heavy (non-hydrogen) atoms. The third kappa shape index (κ3) is 22.6. The summed E-state index contributed by atoms with van der Waals surface area (Å²) < 4.78 is 143. The van der Waals surface area contributed by atoms with E-state index in [9.17, 15) is 33.6 Å². The molecule has 3 unspecified atom stereocenters. The summed E-state index contributed by atoms with van der Waals surface area (Å²) in [6.45, 7) is 30.5. The molecule has 0 aliphatic carbocycles. The number of nitrogens with zero attached hydrogens (tertiary/aromatic N) is 12. The highest BCUT2D eigenvalue weighted by molar-refractivity contribution is 7.49. The van der Waals surface area contributed by atoms with E-state index in [4.69, 9.17) is 83.8 Å². The molecule has 40 nitrogen and oxygen atoms in total. The number of carbonyl (C=O) groups excluding carboxylic acids is 3. The molecule has 4 fully saturated rings. The number of phosphoric acid groups is 3. The smallest absolute Gasteiger partial charge is 0.402 e. The average Bonchev–Trinajstić information content (AvgIpc) is 1.53. The number of ether oxygens (including phenoxy) is 4. The lowest BCUT2D eigenvalue weighted by atomic mass is 10.1. The maximum Gasteiger partial charge on any atom is 0.475 e. The summed E-state index contributed by atoms with van der Waals surface area (Å²) in [5.74, 6) is -1.76. The van der Waals surface area contributed by atoms with Crippen molar-refractivity contribution < 1.29 is 92.2 Å². The Bertz CT molecular complexity index is 6260. The molecule has 0 radical (unpaired) electrons.